The fourth-order valence-electron chi connectivity index (χ4n) is 1.95. The van der Waals surface area contributed by atoms with Crippen LogP contribution in [0.3, 0.4) is 0 Å². The van der Waals surface area contributed by atoms with Crippen LogP contribution in [0.25, 0.3) is 17.3 Å². The molecule has 0 amide bonds. The van der Waals surface area contributed by atoms with Gasteiger partial charge in [-0.05, 0) is 32.0 Å². The molecule has 0 unspecified atom stereocenters. The number of pyridine rings is 1. The maximum atomic E-state index is 4.51. The van der Waals surface area contributed by atoms with Gasteiger partial charge >= 0.3 is 0 Å². The van der Waals surface area contributed by atoms with E-state index in [4.69, 9.17) is 0 Å². The molecular weight excluding hydrogens is 238 g/mol. The molecule has 0 saturated heterocycles. The van der Waals surface area contributed by atoms with Crippen LogP contribution in [0.5, 0.6) is 0 Å². The lowest BCUT2D eigenvalue weighted by Gasteiger charge is -2.05. The largest absolute Gasteiger partial charge is 0.253 e. The molecule has 0 N–H and O–H groups in total. The first-order valence-electron chi connectivity index (χ1n) is 6.02. The molecule has 5 heteroatoms. The fourth-order valence-corrected chi connectivity index (χ4v) is 1.95. The Balaban J connectivity index is 2.08. The molecule has 0 aliphatic carbocycles. The van der Waals surface area contributed by atoms with Crippen molar-refractivity contribution < 1.29 is 0 Å². The van der Waals surface area contributed by atoms with Gasteiger partial charge in [0.15, 0.2) is 11.6 Å². The third kappa shape index (κ3) is 2.22. The number of rotatable bonds is 2. The highest BCUT2D eigenvalue weighted by Crippen LogP contribution is 2.14. The van der Waals surface area contributed by atoms with Gasteiger partial charge in [-0.25, -0.2) is 14.6 Å². The molecule has 0 fully saturated rings. The van der Waals surface area contributed by atoms with Crippen LogP contribution in [0, 0.1) is 13.8 Å². The molecular formula is C14H13N5. The maximum absolute atomic E-state index is 4.51. The minimum atomic E-state index is 0.602. The van der Waals surface area contributed by atoms with Gasteiger partial charge in [0.1, 0.15) is 5.69 Å². The van der Waals surface area contributed by atoms with E-state index in [0.29, 0.717) is 5.82 Å². The van der Waals surface area contributed by atoms with Crippen LogP contribution >= 0.6 is 0 Å². The molecule has 94 valence electrons. The van der Waals surface area contributed by atoms with E-state index in [-0.39, 0.29) is 0 Å². The lowest BCUT2D eigenvalue weighted by Crippen LogP contribution is -2.04. The van der Waals surface area contributed by atoms with Gasteiger partial charge in [0.2, 0.25) is 0 Å². The number of hydrogen-bond donors (Lipinski definition) is 0. The average Bonchev–Trinajstić information content (AvgIpc) is 2.79. The van der Waals surface area contributed by atoms with Crippen molar-refractivity contribution in [3.05, 3.63) is 54.1 Å². The molecule has 19 heavy (non-hydrogen) atoms. The summed E-state index contributed by atoms with van der Waals surface area (Å²) in [7, 11) is 0. The summed E-state index contributed by atoms with van der Waals surface area (Å²) >= 11 is 0. The summed E-state index contributed by atoms with van der Waals surface area (Å²) in [4.78, 5) is 13.0. The Morgan fingerprint density at radius 3 is 2.58 bits per heavy atom. The number of hydrogen-bond acceptors (Lipinski definition) is 4. The number of aryl methyl sites for hydroxylation is 2. The third-order valence-electron chi connectivity index (χ3n) is 2.76. The van der Waals surface area contributed by atoms with Gasteiger partial charge in [-0.3, -0.25) is 4.98 Å². The number of nitrogens with zero attached hydrogens (tertiary/aromatic N) is 5. The van der Waals surface area contributed by atoms with Crippen LogP contribution in [0.1, 0.15) is 11.4 Å². The summed E-state index contributed by atoms with van der Waals surface area (Å²) in [6, 6.07) is 9.53. The smallest absolute Gasteiger partial charge is 0.180 e. The molecule has 0 bridgehead atoms. The summed E-state index contributed by atoms with van der Waals surface area (Å²) in [5, 5.41) is 4.42. The predicted octanol–water partition coefficient (Wildman–Crippen LogP) is 2.34. The van der Waals surface area contributed by atoms with Crippen LogP contribution in [-0.4, -0.2) is 24.7 Å². The zero-order chi connectivity index (χ0) is 13.2. The summed E-state index contributed by atoms with van der Waals surface area (Å²) in [5.41, 5.74) is 2.77. The normalized spacial score (nSPS) is 10.6. The zero-order valence-electron chi connectivity index (χ0n) is 10.8. The van der Waals surface area contributed by atoms with Gasteiger partial charge in [0.05, 0.1) is 5.69 Å². The molecule has 0 atom stereocenters. The van der Waals surface area contributed by atoms with Crippen molar-refractivity contribution in [3.8, 4) is 17.3 Å². The summed E-state index contributed by atoms with van der Waals surface area (Å²) in [6.45, 7) is 3.97. The first-order chi connectivity index (χ1) is 9.24. The van der Waals surface area contributed by atoms with Crippen LogP contribution in [0.15, 0.2) is 42.7 Å². The minimum absolute atomic E-state index is 0.602. The number of aromatic nitrogens is 5. The molecule has 0 aliphatic rings. The second-order valence-electron chi connectivity index (χ2n) is 4.29. The molecule has 0 radical (unpaired) electrons. The van der Waals surface area contributed by atoms with Crippen molar-refractivity contribution in [2.45, 2.75) is 13.8 Å². The highest BCUT2D eigenvalue weighted by Gasteiger charge is 2.08. The minimum Gasteiger partial charge on any atom is -0.253 e. The van der Waals surface area contributed by atoms with E-state index in [1.807, 2.05) is 48.9 Å². The van der Waals surface area contributed by atoms with Crippen LogP contribution in [-0.2, 0) is 0 Å². The highest BCUT2D eigenvalue weighted by molar-refractivity contribution is 5.49. The Bertz CT molecular complexity index is 703. The van der Waals surface area contributed by atoms with Crippen molar-refractivity contribution in [3.63, 3.8) is 0 Å². The monoisotopic (exact) mass is 251 g/mol. The average molecular weight is 251 g/mol. The van der Waals surface area contributed by atoms with E-state index in [0.717, 1.165) is 22.9 Å². The van der Waals surface area contributed by atoms with Gasteiger partial charge in [-0.15, -0.1) is 0 Å². The van der Waals surface area contributed by atoms with Crippen molar-refractivity contribution in [1.29, 1.82) is 0 Å². The quantitative estimate of drug-likeness (QED) is 0.701. The molecule has 0 spiro atoms. The van der Waals surface area contributed by atoms with E-state index in [1.165, 1.54) is 0 Å². The molecule has 0 aromatic carbocycles. The molecule has 0 saturated carbocycles. The predicted molar refractivity (Wildman–Crippen MR) is 71.9 cm³/mol. The molecule has 0 aliphatic heterocycles. The van der Waals surface area contributed by atoms with Gasteiger partial charge in [0.25, 0.3) is 0 Å². The van der Waals surface area contributed by atoms with Crippen LogP contribution in [0.2, 0.25) is 0 Å². The Hall–Kier alpha value is -2.56. The highest BCUT2D eigenvalue weighted by atomic mass is 15.3. The summed E-state index contributed by atoms with van der Waals surface area (Å²) in [6.07, 6.45) is 3.46. The van der Waals surface area contributed by atoms with E-state index in [9.17, 15) is 0 Å². The first-order valence-corrected chi connectivity index (χ1v) is 6.02. The standard InChI is InChI=1S/C14H13N5/c1-10-9-11(2)19(18-10)13-6-8-16-14(17-13)12-5-3-4-7-15-12/h3-9H,1-2H3. The van der Waals surface area contributed by atoms with Crippen molar-refractivity contribution in [2.75, 3.05) is 0 Å². The second kappa shape index (κ2) is 4.61. The molecule has 5 nitrogen and oxygen atoms in total. The van der Waals surface area contributed by atoms with Gasteiger partial charge < -0.3 is 0 Å². The van der Waals surface area contributed by atoms with Crippen LogP contribution in [0.4, 0.5) is 0 Å². The van der Waals surface area contributed by atoms with Crippen molar-refractivity contribution in [2.24, 2.45) is 0 Å². The zero-order valence-corrected chi connectivity index (χ0v) is 10.8. The Morgan fingerprint density at radius 2 is 1.89 bits per heavy atom. The van der Waals surface area contributed by atoms with E-state index in [2.05, 4.69) is 20.1 Å². The molecule has 3 rings (SSSR count). The Kier molecular flexibility index (Phi) is 2.79. The molecule has 3 aromatic heterocycles. The van der Waals surface area contributed by atoms with Crippen LogP contribution < -0.4 is 0 Å². The lowest BCUT2D eigenvalue weighted by atomic mass is 10.3. The summed E-state index contributed by atoms with van der Waals surface area (Å²) < 4.78 is 1.81. The van der Waals surface area contributed by atoms with E-state index >= 15 is 0 Å². The summed E-state index contributed by atoms with van der Waals surface area (Å²) in [5.74, 6) is 1.35. The topological polar surface area (TPSA) is 56.5 Å². The Morgan fingerprint density at radius 1 is 1.00 bits per heavy atom. The van der Waals surface area contributed by atoms with Gasteiger partial charge in [-0.2, -0.15) is 5.10 Å². The molecule has 3 aromatic rings. The van der Waals surface area contributed by atoms with E-state index < -0.39 is 0 Å². The van der Waals surface area contributed by atoms with Gasteiger partial charge in [-0.1, -0.05) is 6.07 Å². The van der Waals surface area contributed by atoms with Crippen molar-refractivity contribution >= 4 is 0 Å². The third-order valence-corrected chi connectivity index (χ3v) is 2.76. The second-order valence-corrected chi connectivity index (χ2v) is 4.29. The first kappa shape index (κ1) is 11.5. The lowest BCUT2D eigenvalue weighted by molar-refractivity contribution is 0.802. The van der Waals surface area contributed by atoms with E-state index in [1.54, 1.807) is 12.4 Å². The maximum Gasteiger partial charge on any atom is 0.180 e. The Labute approximate surface area is 111 Å². The molecule has 3 heterocycles. The van der Waals surface area contributed by atoms with Gasteiger partial charge in [0, 0.05) is 24.2 Å². The van der Waals surface area contributed by atoms with Crippen molar-refractivity contribution in [1.82, 2.24) is 24.7 Å². The fraction of sp³-hybridized carbons (Fsp3) is 0.143. The SMILES string of the molecule is Cc1cc(C)n(-c2ccnc(-c3ccccn3)n2)n1.